The van der Waals surface area contributed by atoms with Crippen molar-refractivity contribution in [1.29, 1.82) is 0 Å². The maximum atomic E-state index is 11.4. The summed E-state index contributed by atoms with van der Waals surface area (Å²) in [6.45, 7) is 7.73. The molecule has 0 radical (unpaired) electrons. The van der Waals surface area contributed by atoms with E-state index in [1.807, 2.05) is 31.2 Å². The lowest BCUT2D eigenvalue weighted by Gasteiger charge is -2.26. The molecule has 0 saturated carbocycles. The molecule has 0 fully saturated rings. The van der Waals surface area contributed by atoms with Crippen molar-refractivity contribution in [2.75, 3.05) is 29.9 Å². The summed E-state index contributed by atoms with van der Waals surface area (Å²) in [4.78, 5) is 13.5. The van der Waals surface area contributed by atoms with Crippen LogP contribution in [-0.4, -0.2) is 30.7 Å². The zero-order chi connectivity index (χ0) is 14.3. The molecule has 0 aromatic heterocycles. The molecule has 0 bridgehead atoms. The SMILES string of the molecule is CCC(=O)Nc1cccc(N(CCO)CC(C)C)c1. The van der Waals surface area contributed by atoms with Gasteiger partial charge < -0.3 is 15.3 Å². The normalized spacial score (nSPS) is 10.6. The van der Waals surface area contributed by atoms with E-state index in [0.717, 1.165) is 17.9 Å². The van der Waals surface area contributed by atoms with Gasteiger partial charge in [-0.25, -0.2) is 0 Å². The van der Waals surface area contributed by atoms with E-state index in [-0.39, 0.29) is 12.5 Å². The van der Waals surface area contributed by atoms with Crippen LogP contribution in [0.25, 0.3) is 0 Å². The number of amides is 1. The number of carbonyl (C=O) groups excluding carboxylic acids is 1. The minimum absolute atomic E-state index is 0.00900. The van der Waals surface area contributed by atoms with Gasteiger partial charge in [0.15, 0.2) is 0 Å². The molecule has 0 unspecified atom stereocenters. The lowest BCUT2D eigenvalue weighted by Crippen LogP contribution is -2.30. The van der Waals surface area contributed by atoms with Gasteiger partial charge in [-0.05, 0) is 24.1 Å². The molecule has 0 saturated heterocycles. The third-order valence-corrected chi connectivity index (χ3v) is 2.77. The standard InChI is InChI=1S/C15H24N2O2/c1-4-15(19)16-13-6-5-7-14(10-13)17(8-9-18)11-12(2)3/h5-7,10,12,18H,4,8-9,11H2,1-3H3,(H,16,19). The fraction of sp³-hybridized carbons (Fsp3) is 0.533. The Morgan fingerprint density at radius 2 is 2.16 bits per heavy atom. The zero-order valence-corrected chi connectivity index (χ0v) is 12.0. The monoisotopic (exact) mass is 264 g/mol. The summed E-state index contributed by atoms with van der Waals surface area (Å²) >= 11 is 0. The highest BCUT2D eigenvalue weighted by molar-refractivity contribution is 5.90. The average molecular weight is 264 g/mol. The van der Waals surface area contributed by atoms with Gasteiger partial charge in [0.2, 0.25) is 5.91 Å². The van der Waals surface area contributed by atoms with Crippen LogP contribution in [0.5, 0.6) is 0 Å². The van der Waals surface area contributed by atoms with Gasteiger partial charge in [0, 0.05) is 30.9 Å². The van der Waals surface area contributed by atoms with Crippen LogP contribution < -0.4 is 10.2 Å². The fourth-order valence-corrected chi connectivity index (χ4v) is 1.92. The van der Waals surface area contributed by atoms with Crippen LogP contribution in [0, 0.1) is 5.92 Å². The highest BCUT2D eigenvalue weighted by Gasteiger charge is 2.09. The Balaban J connectivity index is 2.84. The molecule has 0 aliphatic carbocycles. The van der Waals surface area contributed by atoms with Crippen LogP contribution in [0.15, 0.2) is 24.3 Å². The lowest BCUT2D eigenvalue weighted by molar-refractivity contribution is -0.115. The van der Waals surface area contributed by atoms with Crippen LogP contribution in [0.2, 0.25) is 0 Å². The number of nitrogens with one attached hydrogen (secondary N) is 1. The third-order valence-electron chi connectivity index (χ3n) is 2.77. The second-order valence-corrected chi connectivity index (χ2v) is 5.02. The van der Waals surface area contributed by atoms with Gasteiger partial charge in [0.25, 0.3) is 0 Å². The van der Waals surface area contributed by atoms with Gasteiger partial charge in [-0.15, -0.1) is 0 Å². The first-order chi connectivity index (χ1) is 9.06. The number of hydrogen-bond donors (Lipinski definition) is 2. The van der Waals surface area contributed by atoms with E-state index in [9.17, 15) is 4.79 Å². The van der Waals surface area contributed by atoms with E-state index < -0.39 is 0 Å². The molecule has 0 aliphatic heterocycles. The maximum Gasteiger partial charge on any atom is 0.224 e. The van der Waals surface area contributed by atoms with Crippen LogP contribution in [0.1, 0.15) is 27.2 Å². The predicted octanol–water partition coefficient (Wildman–Crippen LogP) is 2.49. The molecule has 1 amide bonds. The highest BCUT2D eigenvalue weighted by atomic mass is 16.3. The predicted molar refractivity (Wildman–Crippen MR) is 79.5 cm³/mol. The van der Waals surface area contributed by atoms with Crippen molar-refractivity contribution < 1.29 is 9.90 Å². The molecule has 1 aromatic carbocycles. The van der Waals surface area contributed by atoms with Gasteiger partial charge >= 0.3 is 0 Å². The van der Waals surface area contributed by atoms with Gasteiger partial charge in [0.1, 0.15) is 0 Å². The van der Waals surface area contributed by atoms with Crippen molar-refractivity contribution in [3.8, 4) is 0 Å². The summed E-state index contributed by atoms with van der Waals surface area (Å²) in [6.07, 6.45) is 0.469. The summed E-state index contributed by atoms with van der Waals surface area (Å²) in [5.41, 5.74) is 1.83. The first-order valence-corrected chi connectivity index (χ1v) is 6.82. The van der Waals surface area contributed by atoms with Crippen molar-refractivity contribution in [2.24, 2.45) is 5.92 Å². The van der Waals surface area contributed by atoms with E-state index in [1.54, 1.807) is 0 Å². The van der Waals surface area contributed by atoms with Crippen molar-refractivity contribution in [2.45, 2.75) is 27.2 Å². The molecule has 106 valence electrons. The Morgan fingerprint density at radius 1 is 1.42 bits per heavy atom. The summed E-state index contributed by atoms with van der Waals surface area (Å²) in [7, 11) is 0. The molecular weight excluding hydrogens is 240 g/mol. The molecule has 1 aromatic rings. The Bertz CT molecular complexity index is 405. The molecule has 4 nitrogen and oxygen atoms in total. The van der Waals surface area contributed by atoms with Crippen LogP contribution in [0.3, 0.4) is 0 Å². The topological polar surface area (TPSA) is 52.6 Å². The molecule has 2 N–H and O–H groups in total. The molecule has 0 aliphatic rings. The minimum Gasteiger partial charge on any atom is -0.395 e. The number of hydrogen-bond acceptors (Lipinski definition) is 3. The van der Waals surface area contributed by atoms with Crippen molar-refractivity contribution >= 4 is 17.3 Å². The first-order valence-electron chi connectivity index (χ1n) is 6.82. The van der Waals surface area contributed by atoms with Crippen LogP contribution in [0.4, 0.5) is 11.4 Å². The van der Waals surface area contributed by atoms with Crippen LogP contribution in [-0.2, 0) is 4.79 Å². The maximum absolute atomic E-state index is 11.4. The summed E-state index contributed by atoms with van der Waals surface area (Å²) in [5, 5.41) is 12.0. The number of rotatable bonds is 7. The second-order valence-electron chi connectivity index (χ2n) is 5.02. The van der Waals surface area contributed by atoms with E-state index in [4.69, 9.17) is 5.11 Å². The zero-order valence-electron chi connectivity index (χ0n) is 12.0. The Kier molecular flexibility index (Phi) is 6.36. The van der Waals surface area contributed by atoms with Crippen molar-refractivity contribution in [3.63, 3.8) is 0 Å². The second kappa shape index (κ2) is 7.79. The fourth-order valence-electron chi connectivity index (χ4n) is 1.92. The van der Waals surface area contributed by atoms with Gasteiger partial charge in [-0.1, -0.05) is 26.8 Å². The highest BCUT2D eigenvalue weighted by Crippen LogP contribution is 2.20. The molecule has 19 heavy (non-hydrogen) atoms. The van der Waals surface area contributed by atoms with E-state index >= 15 is 0 Å². The average Bonchev–Trinajstić information content (AvgIpc) is 2.38. The molecular formula is C15H24N2O2. The number of aliphatic hydroxyl groups is 1. The summed E-state index contributed by atoms with van der Waals surface area (Å²) in [6, 6.07) is 7.75. The quantitative estimate of drug-likeness (QED) is 0.795. The lowest BCUT2D eigenvalue weighted by atomic mass is 10.1. The number of anilines is 2. The van der Waals surface area contributed by atoms with Crippen molar-refractivity contribution in [3.05, 3.63) is 24.3 Å². The van der Waals surface area contributed by atoms with Gasteiger partial charge in [-0.3, -0.25) is 4.79 Å². The summed E-state index contributed by atoms with van der Waals surface area (Å²) in [5.74, 6) is 0.523. The Hall–Kier alpha value is -1.55. The third kappa shape index (κ3) is 5.30. The number of benzene rings is 1. The van der Waals surface area contributed by atoms with E-state index in [2.05, 4.69) is 24.1 Å². The molecule has 1 rings (SSSR count). The van der Waals surface area contributed by atoms with Gasteiger partial charge in [0.05, 0.1) is 6.61 Å². The Morgan fingerprint density at radius 3 is 2.74 bits per heavy atom. The van der Waals surface area contributed by atoms with Crippen LogP contribution >= 0.6 is 0 Å². The van der Waals surface area contributed by atoms with E-state index in [0.29, 0.717) is 18.9 Å². The number of nitrogens with zero attached hydrogens (tertiary/aromatic N) is 1. The molecule has 4 heteroatoms. The number of carbonyl (C=O) groups is 1. The Labute approximate surface area is 115 Å². The van der Waals surface area contributed by atoms with Crippen molar-refractivity contribution in [1.82, 2.24) is 0 Å². The first kappa shape index (κ1) is 15.5. The summed E-state index contributed by atoms with van der Waals surface area (Å²) < 4.78 is 0. The van der Waals surface area contributed by atoms with E-state index in [1.165, 1.54) is 0 Å². The molecule has 0 spiro atoms. The number of aliphatic hydroxyl groups excluding tert-OH is 1. The molecule has 0 heterocycles. The largest absolute Gasteiger partial charge is 0.395 e. The smallest absolute Gasteiger partial charge is 0.224 e. The minimum atomic E-state index is 0.00900. The molecule has 0 atom stereocenters. The van der Waals surface area contributed by atoms with Gasteiger partial charge in [-0.2, -0.15) is 0 Å².